The highest BCUT2D eigenvalue weighted by atomic mass is 35.5. The second-order valence-electron chi connectivity index (χ2n) is 6.58. The minimum absolute atomic E-state index is 0.142. The zero-order valence-corrected chi connectivity index (χ0v) is 15.0. The number of hydrogen-bond acceptors (Lipinski definition) is 3. The quantitative estimate of drug-likeness (QED) is 0.843. The Balaban J connectivity index is 1.83. The van der Waals surface area contributed by atoms with Gasteiger partial charge in [0.1, 0.15) is 5.82 Å². The van der Waals surface area contributed by atoms with Gasteiger partial charge in [0.2, 0.25) is 5.91 Å². The molecule has 0 saturated carbocycles. The van der Waals surface area contributed by atoms with Crippen LogP contribution in [0.5, 0.6) is 0 Å². The van der Waals surface area contributed by atoms with E-state index >= 15 is 0 Å². The molecule has 1 amide bonds. The summed E-state index contributed by atoms with van der Waals surface area (Å²) in [4.78, 5) is 23.9. The topological polar surface area (TPSA) is 46.1 Å². The second kappa shape index (κ2) is 6.89. The Morgan fingerprint density at radius 2 is 1.96 bits per heavy atom. The molecule has 0 fully saturated rings. The molecule has 3 rings (SSSR count). The Kier molecular flexibility index (Phi) is 4.86. The molecule has 0 N–H and O–H groups in total. The van der Waals surface area contributed by atoms with Gasteiger partial charge in [0.05, 0.1) is 18.2 Å². The van der Waals surface area contributed by atoms with Crippen molar-refractivity contribution in [1.29, 1.82) is 0 Å². The summed E-state index contributed by atoms with van der Waals surface area (Å²) in [6.07, 6.45) is 2.67. The molecule has 0 aliphatic carbocycles. The third kappa shape index (κ3) is 3.29. The van der Waals surface area contributed by atoms with Crippen LogP contribution in [0.25, 0.3) is 0 Å². The Morgan fingerprint density at radius 1 is 1.25 bits per heavy atom. The molecular weight excluding hydrogens is 322 g/mol. The van der Waals surface area contributed by atoms with Gasteiger partial charge in [-0.25, -0.2) is 9.97 Å². The molecule has 0 radical (unpaired) electrons. The van der Waals surface area contributed by atoms with E-state index in [1.807, 2.05) is 42.3 Å². The SMILES string of the molecule is CCc1ncc2c(n1)CN(C(=O)C(c1ccc(Cl)cc1)C(C)C)C2. The first-order chi connectivity index (χ1) is 11.5. The maximum absolute atomic E-state index is 13.1. The molecule has 5 heteroatoms. The fourth-order valence-electron chi connectivity index (χ4n) is 3.20. The number of aromatic nitrogens is 2. The van der Waals surface area contributed by atoms with Crippen molar-refractivity contribution in [2.45, 2.75) is 46.2 Å². The number of aryl methyl sites for hydroxylation is 1. The Hall–Kier alpha value is -1.94. The normalized spacial score (nSPS) is 14.8. The fourth-order valence-corrected chi connectivity index (χ4v) is 3.33. The second-order valence-corrected chi connectivity index (χ2v) is 7.02. The van der Waals surface area contributed by atoms with Crippen LogP contribution in [0.3, 0.4) is 0 Å². The number of carbonyl (C=O) groups excluding carboxylic acids is 1. The van der Waals surface area contributed by atoms with Crippen LogP contribution in [-0.2, 0) is 24.3 Å². The average Bonchev–Trinajstić information content (AvgIpc) is 2.99. The zero-order valence-electron chi connectivity index (χ0n) is 14.3. The molecule has 1 unspecified atom stereocenters. The Labute approximate surface area is 147 Å². The summed E-state index contributed by atoms with van der Waals surface area (Å²) in [6, 6.07) is 7.58. The first-order valence-electron chi connectivity index (χ1n) is 8.37. The predicted molar refractivity (Wildman–Crippen MR) is 94.7 cm³/mol. The van der Waals surface area contributed by atoms with Crippen molar-refractivity contribution in [3.63, 3.8) is 0 Å². The molecule has 4 nitrogen and oxygen atoms in total. The van der Waals surface area contributed by atoms with Gasteiger partial charge in [0.25, 0.3) is 0 Å². The molecular formula is C19H22ClN3O. The lowest BCUT2D eigenvalue weighted by Crippen LogP contribution is -2.33. The maximum atomic E-state index is 13.1. The fraction of sp³-hybridized carbons (Fsp3) is 0.421. The number of fused-ring (bicyclic) bond motifs is 1. The first-order valence-corrected chi connectivity index (χ1v) is 8.75. The summed E-state index contributed by atoms with van der Waals surface area (Å²) in [5.41, 5.74) is 3.05. The Morgan fingerprint density at radius 3 is 2.58 bits per heavy atom. The van der Waals surface area contributed by atoms with Gasteiger partial charge >= 0.3 is 0 Å². The summed E-state index contributed by atoms with van der Waals surface area (Å²) < 4.78 is 0. The summed E-state index contributed by atoms with van der Waals surface area (Å²) in [7, 11) is 0. The molecule has 1 aromatic carbocycles. The van der Waals surface area contributed by atoms with Gasteiger partial charge in [-0.3, -0.25) is 4.79 Å². The summed E-state index contributed by atoms with van der Waals surface area (Å²) in [5.74, 6) is 1.01. The van der Waals surface area contributed by atoms with Crippen LogP contribution in [0.2, 0.25) is 5.02 Å². The summed E-state index contributed by atoms with van der Waals surface area (Å²) in [5, 5.41) is 0.685. The lowest BCUT2D eigenvalue weighted by Gasteiger charge is -2.26. The van der Waals surface area contributed by atoms with E-state index in [0.717, 1.165) is 29.1 Å². The van der Waals surface area contributed by atoms with Crippen molar-refractivity contribution < 1.29 is 4.79 Å². The van der Waals surface area contributed by atoms with Gasteiger partial charge in [-0.15, -0.1) is 0 Å². The van der Waals surface area contributed by atoms with Crippen LogP contribution in [0.4, 0.5) is 0 Å². The van der Waals surface area contributed by atoms with Crippen LogP contribution in [-0.4, -0.2) is 20.8 Å². The lowest BCUT2D eigenvalue weighted by atomic mass is 9.87. The first kappa shape index (κ1) is 16.9. The molecule has 1 aliphatic rings. The van der Waals surface area contributed by atoms with E-state index in [1.54, 1.807) is 0 Å². The number of halogens is 1. The van der Waals surface area contributed by atoms with E-state index in [2.05, 4.69) is 23.8 Å². The highest BCUT2D eigenvalue weighted by molar-refractivity contribution is 6.30. The van der Waals surface area contributed by atoms with Crippen LogP contribution < -0.4 is 0 Å². The minimum atomic E-state index is -0.171. The monoisotopic (exact) mass is 343 g/mol. The molecule has 1 aliphatic heterocycles. The van der Waals surface area contributed by atoms with Crippen molar-refractivity contribution in [3.8, 4) is 0 Å². The maximum Gasteiger partial charge on any atom is 0.231 e. The standard InChI is InChI=1S/C19H22ClN3O/c1-4-17-21-9-14-10-23(11-16(14)22-17)19(24)18(12(2)3)13-5-7-15(20)8-6-13/h5-9,12,18H,4,10-11H2,1-3H3. The Bertz CT molecular complexity index is 743. The van der Waals surface area contributed by atoms with E-state index in [-0.39, 0.29) is 17.7 Å². The van der Waals surface area contributed by atoms with Crippen LogP contribution >= 0.6 is 11.6 Å². The van der Waals surface area contributed by atoms with Gasteiger partial charge in [-0.2, -0.15) is 0 Å². The number of nitrogens with zero attached hydrogens (tertiary/aromatic N) is 3. The van der Waals surface area contributed by atoms with Crippen molar-refractivity contribution >= 4 is 17.5 Å². The lowest BCUT2D eigenvalue weighted by molar-refractivity contribution is -0.134. The molecule has 0 spiro atoms. The van der Waals surface area contributed by atoms with E-state index in [9.17, 15) is 4.79 Å². The summed E-state index contributed by atoms with van der Waals surface area (Å²) in [6.45, 7) is 7.36. The zero-order chi connectivity index (χ0) is 17.3. The van der Waals surface area contributed by atoms with E-state index in [4.69, 9.17) is 11.6 Å². The van der Waals surface area contributed by atoms with Crippen LogP contribution in [0.1, 0.15) is 49.3 Å². The highest BCUT2D eigenvalue weighted by Crippen LogP contribution is 2.31. The van der Waals surface area contributed by atoms with E-state index in [0.29, 0.717) is 18.1 Å². The van der Waals surface area contributed by atoms with Gasteiger partial charge in [0.15, 0.2) is 0 Å². The third-order valence-electron chi connectivity index (χ3n) is 4.50. The molecule has 24 heavy (non-hydrogen) atoms. The summed E-state index contributed by atoms with van der Waals surface area (Å²) >= 11 is 5.98. The molecule has 1 aromatic heterocycles. The third-order valence-corrected chi connectivity index (χ3v) is 4.75. The predicted octanol–water partition coefficient (Wildman–Crippen LogP) is 3.97. The van der Waals surface area contributed by atoms with Gasteiger partial charge in [0, 0.05) is 29.7 Å². The molecule has 0 bridgehead atoms. The van der Waals surface area contributed by atoms with Gasteiger partial charge < -0.3 is 4.90 Å². The van der Waals surface area contributed by atoms with Crippen molar-refractivity contribution in [2.75, 3.05) is 0 Å². The van der Waals surface area contributed by atoms with Gasteiger partial charge in [-0.1, -0.05) is 44.5 Å². The number of hydrogen-bond donors (Lipinski definition) is 0. The van der Waals surface area contributed by atoms with Crippen molar-refractivity contribution in [2.24, 2.45) is 5.92 Å². The molecule has 126 valence electrons. The van der Waals surface area contributed by atoms with Gasteiger partial charge in [-0.05, 0) is 23.6 Å². The van der Waals surface area contributed by atoms with Crippen molar-refractivity contribution in [1.82, 2.24) is 14.9 Å². The molecule has 1 atom stereocenters. The number of carbonyl (C=O) groups is 1. The van der Waals surface area contributed by atoms with E-state index in [1.165, 1.54) is 0 Å². The largest absolute Gasteiger partial charge is 0.332 e. The highest BCUT2D eigenvalue weighted by Gasteiger charge is 2.32. The smallest absolute Gasteiger partial charge is 0.231 e. The number of amides is 1. The number of benzene rings is 1. The molecule has 0 saturated heterocycles. The average molecular weight is 344 g/mol. The molecule has 2 heterocycles. The van der Waals surface area contributed by atoms with Crippen LogP contribution in [0, 0.1) is 5.92 Å². The minimum Gasteiger partial charge on any atom is -0.332 e. The van der Waals surface area contributed by atoms with E-state index < -0.39 is 0 Å². The van der Waals surface area contributed by atoms with Crippen molar-refractivity contribution in [3.05, 3.63) is 58.1 Å². The van der Waals surface area contributed by atoms with Crippen LogP contribution in [0.15, 0.2) is 30.5 Å². The number of rotatable bonds is 4. The molecule has 2 aromatic rings.